The fraction of sp³-hybridized carbons (Fsp3) is 0.273. The molecule has 0 bridgehead atoms. The van der Waals surface area contributed by atoms with E-state index in [1.807, 2.05) is 6.92 Å². The van der Waals surface area contributed by atoms with Gasteiger partial charge in [-0.05, 0) is 30.0 Å². The van der Waals surface area contributed by atoms with Gasteiger partial charge in [-0.3, -0.25) is 0 Å². The Labute approximate surface area is 72.9 Å². The quantitative estimate of drug-likeness (QED) is 0.666. The van der Waals surface area contributed by atoms with Crippen molar-refractivity contribution in [2.24, 2.45) is 5.73 Å². The van der Waals surface area contributed by atoms with Crippen LogP contribution >= 0.6 is 0 Å². The van der Waals surface area contributed by atoms with Crippen LogP contribution in [0.1, 0.15) is 18.1 Å². The molecule has 0 radical (unpaired) electrons. The summed E-state index contributed by atoms with van der Waals surface area (Å²) in [5.41, 5.74) is 9.90. The maximum atomic E-state index is 5.81. The second-order valence-electron chi connectivity index (χ2n) is 3.38. The highest BCUT2D eigenvalue weighted by Crippen LogP contribution is 2.25. The summed E-state index contributed by atoms with van der Waals surface area (Å²) < 4.78 is 0. The van der Waals surface area contributed by atoms with Crippen LogP contribution in [0.15, 0.2) is 29.8 Å². The average molecular weight is 159 g/mol. The lowest BCUT2D eigenvalue weighted by atomic mass is 10.1. The van der Waals surface area contributed by atoms with E-state index in [1.54, 1.807) is 0 Å². The normalized spacial score (nSPS) is 17.0. The SMILES string of the molecule is CC(N)C1=Cc2ccccc2C1. The maximum absolute atomic E-state index is 5.81. The Morgan fingerprint density at radius 1 is 1.33 bits per heavy atom. The topological polar surface area (TPSA) is 26.0 Å². The summed E-state index contributed by atoms with van der Waals surface area (Å²) in [5.74, 6) is 0. The van der Waals surface area contributed by atoms with Crippen LogP contribution in [0.3, 0.4) is 0 Å². The van der Waals surface area contributed by atoms with Gasteiger partial charge in [0.15, 0.2) is 0 Å². The Balaban J connectivity index is 2.35. The molecule has 0 fully saturated rings. The fourth-order valence-electron chi connectivity index (χ4n) is 1.60. The van der Waals surface area contributed by atoms with Crippen LogP contribution < -0.4 is 5.73 Å². The van der Waals surface area contributed by atoms with E-state index in [9.17, 15) is 0 Å². The van der Waals surface area contributed by atoms with Crippen molar-refractivity contribution in [1.82, 2.24) is 0 Å². The number of nitrogens with two attached hydrogens (primary N) is 1. The van der Waals surface area contributed by atoms with Crippen LogP contribution in [0, 0.1) is 0 Å². The fourth-order valence-corrected chi connectivity index (χ4v) is 1.60. The molecule has 0 aromatic heterocycles. The van der Waals surface area contributed by atoms with Gasteiger partial charge < -0.3 is 5.73 Å². The Kier molecular flexibility index (Phi) is 1.74. The third kappa shape index (κ3) is 1.16. The molecule has 0 saturated heterocycles. The van der Waals surface area contributed by atoms with Crippen molar-refractivity contribution in [3.8, 4) is 0 Å². The third-order valence-electron chi connectivity index (χ3n) is 2.38. The van der Waals surface area contributed by atoms with Gasteiger partial charge >= 0.3 is 0 Å². The maximum Gasteiger partial charge on any atom is 0.0231 e. The predicted octanol–water partition coefficient (Wildman–Crippen LogP) is 1.97. The molecule has 0 heterocycles. The number of hydrogen-bond donors (Lipinski definition) is 1. The van der Waals surface area contributed by atoms with Crippen LogP contribution in [0.25, 0.3) is 6.08 Å². The van der Waals surface area contributed by atoms with E-state index >= 15 is 0 Å². The standard InChI is InChI=1S/C11H13N/c1-8(12)11-6-9-4-2-3-5-10(9)7-11/h2-6,8H,7,12H2,1H3. The van der Waals surface area contributed by atoms with Crippen LogP contribution in [0.5, 0.6) is 0 Å². The number of hydrogen-bond acceptors (Lipinski definition) is 1. The molecule has 0 amide bonds. The molecule has 12 heavy (non-hydrogen) atoms. The van der Waals surface area contributed by atoms with Crippen molar-refractivity contribution >= 4 is 6.08 Å². The van der Waals surface area contributed by atoms with Gasteiger partial charge in [0, 0.05) is 6.04 Å². The van der Waals surface area contributed by atoms with E-state index in [0.29, 0.717) is 0 Å². The summed E-state index contributed by atoms with van der Waals surface area (Å²) in [7, 11) is 0. The summed E-state index contributed by atoms with van der Waals surface area (Å²) >= 11 is 0. The van der Waals surface area contributed by atoms with Gasteiger partial charge in [-0.1, -0.05) is 30.3 Å². The average Bonchev–Trinajstić information content (AvgIpc) is 2.46. The Morgan fingerprint density at radius 3 is 2.75 bits per heavy atom. The molecule has 1 aliphatic rings. The lowest BCUT2D eigenvalue weighted by Crippen LogP contribution is -2.17. The predicted molar refractivity (Wildman–Crippen MR) is 51.8 cm³/mol. The zero-order valence-electron chi connectivity index (χ0n) is 7.25. The lowest BCUT2D eigenvalue weighted by Gasteiger charge is -2.04. The van der Waals surface area contributed by atoms with Crippen molar-refractivity contribution in [3.63, 3.8) is 0 Å². The first-order valence-electron chi connectivity index (χ1n) is 4.31. The second kappa shape index (κ2) is 2.76. The molecular formula is C11H13N. The molecule has 1 nitrogen and oxygen atoms in total. The molecule has 1 atom stereocenters. The summed E-state index contributed by atoms with van der Waals surface area (Å²) in [6.45, 7) is 2.04. The smallest absolute Gasteiger partial charge is 0.0231 e. The molecule has 62 valence electrons. The number of rotatable bonds is 1. The van der Waals surface area contributed by atoms with Crippen LogP contribution in [-0.4, -0.2) is 6.04 Å². The molecule has 0 spiro atoms. The Hall–Kier alpha value is -1.08. The lowest BCUT2D eigenvalue weighted by molar-refractivity contribution is 0.841. The van der Waals surface area contributed by atoms with Crippen molar-refractivity contribution in [1.29, 1.82) is 0 Å². The highest BCUT2D eigenvalue weighted by atomic mass is 14.6. The summed E-state index contributed by atoms with van der Waals surface area (Å²) in [6, 6.07) is 8.65. The van der Waals surface area contributed by atoms with Gasteiger partial charge in [0.05, 0.1) is 0 Å². The van der Waals surface area contributed by atoms with Crippen LogP contribution in [0.2, 0.25) is 0 Å². The van der Waals surface area contributed by atoms with E-state index in [1.165, 1.54) is 16.7 Å². The van der Waals surface area contributed by atoms with Crippen LogP contribution in [-0.2, 0) is 6.42 Å². The Morgan fingerprint density at radius 2 is 2.08 bits per heavy atom. The van der Waals surface area contributed by atoms with Gasteiger partial charge in [0.1, 0.15) is 0 Å². The zero-order valence-corrected chi connectivity index (χ0v) is 7.25. The number of benzene rings is 1. The van der Waals surface area contributed by atoms with Gasteiger partial charge in [-0.15, -0.1) is 0 Å². The molecule has 0 saturated carbocycles. The zero-order chi connectivity index (χ0) is 8.55. The van der Waals surface area contributed by atoms with E-state index < -0.39 is 0 Å². The largest absolute Gasteiger partial charge is 0.324 e. The third-order valence-corrected chi connectivity index (χ3v) is 2.38. The molecule has 1 unspecified atom stereocenters. The molecule has 2 rings (SSSR count). The first kappa shape index (κ1) is 7.56. The highest BCUT2D eigenvalue weighted by Gasteiger charge is 2.13. The molecule has 2 N–H and O–H groups in total. The van der Waals surface area contributed by atoms with Crippen LogP contribution in [0.4, 0.5) is 0 Å². The van der Waals surface area contributed by atoms with E-state index in [0.717, 1.165) is 6.42 Å². The monoisotopic (exact) mass is 159 g/mol. The van der Waals surface area contributed by atoms with Gasteiger partial charge in [-0.2, -0.15) is 0 Å². The highest BCUT2D eigenvalue weighted by molar-refractivity contribution is 5.64. The van der Waals surface area contributed by atoms with E-state index in [2.05, 4.69) is 30.3 Å². The molecule has 1 aromatic rings. The Bertz CT molecular complexity index is 324. The summed E-state index contributed by atoms with van der Waals surface area (Å²) in [5, 5.41) is 0. The molecule has 1 aromatic carbocycles. The summed E-state index contributed by atoms with van der Waals surface area (Å²) in [4.78, 5) is 0. The molecule has 1 aliphatic carbocycles. The molecular weight excluding hydrogens is 146 g/mol. The summed E-state index contributed by atoms with van der Waals surface area (Å²) in [6.07, 6.45) is 3.24. The second-order valence-corrected chi connectivity index (χ2v) is 3.38. The number of fused-ring (bicyclic) bond motifs is 1. The van der Waals surface area contributed by atoms with Crippen molar-refractivity contribution < 1.29 is 0 Å². The van der Waals surface area contributed by atoms with E-state index in [-0.39, 0.29) is 6.04 Å². The first-order valence-corrected chi connectivity index (χ1v) is 4.31. The van der Waals surface area contributed by atoms with E-state index in [4.69, 9.17) is 5.73 Å². The van der Waals surface area contributed by atoms with Gasteiger partial charge in [0.2, 0.25) is 0 Å². The minimum atomic E-state index is 0.192. The van der Waals surface area contributed by atoms with Crippen molar-refractivity contribution in [2.45, 2.75) is 19.4 Å². The van der Waals surface area contributed by atoms with Crippen molar-refractivity contribution in [2.75, 3.05) is 0 Å². The molecule has 0 aliphatic heterocycles. The van der Waals surface area contributed by atoms with Gasteiger partial charge in [-0.25, -0.2) is 0 Å². The minimum Gasteiger partial charge on any atom is -0.324 e. The first-order chi connectivity index (χ1) is 5.77. The molecule has 1 heteroatoms. The van der Waals surface area contributed by atoms with Crippen molar-refractivity contribution in [3.05, 3.63) is 41.0 Å². The van der Waals surface area contributed by atoms with Gasteiger partial charge in [0.25, 0.3) is 0 Å². The minimum absolute atomic E-state index is 0.192.